The van der Waals surface area contributed by atoms with Gasteiger partial charge >= 0.3 is 5.97 Å². The Hall–Kier alpha value is -2.88. The standard InChI is InChI=1S/C19H16N2O2/c22-19(23)12-5-3-6-13(11-12)20-18-14-7-1-2-9-16(14)21-17-10-4-8-15(17)18/h1-3,5-7,9,11H,4,8,10H2,(H,20,21)(H,22,23). The van der Waals surface area contributed by atoms with E-state index in [4.69, 9.17) is 10.1 Å². The molecule has 0 atom stereocenters. The van der Waals surface area contributed by atoms with Gasteiger partial charge in [-0.15, -0.1) is 0 Å². The van der Waals surface area contributed by atoms with Crippen molar-refractivity contribution in [2.45, 2.75) is 19.3 Å². The first-order chi connectivity index (χ1) is 11.2. The Labute approximate surface area is 133 Å². The van der Waals surface area contributed by atoms with Gasteiger partial charge in [0, 0.05) is 16.8 Å². The lowest BCUT2D eigenvalue weighted by molar-refractivity contribution is 0.0697. The van der Waals surface area contributed by atoms with Crippen LogP contribution in [0, 0.1) is 0 Å². The second-order valence-electron chi connectivity index (χ2n) is 5.79. The van der Waals surface area contributed by atoms with E-state index < -0.39 is 5.97 Å². The molecule has 0 unspecified atom stereocenters. The molecule has 0 amide bonds. The summed E-state index contributed by atoms with van der Waals surface area (Å²) in [5.41, 5.74) is 5.51. The summed E-state index contributed by atoms with van der Waals surface area (Å²) in [4.78, 5) is 15.9. The largest absolute Gasteiger partial charge is 0.478 e. The topological polar surface area (TPSA) is 62.2 Å². The van der Waals surface area contributed by atoms with Crippen molar-refractivity contribution in [1.82, 2.24) is 4.98 Å². The molecule has 0 fully saturated rings. The number of pyridine rings is 1. The van der Waals surface area contributed by atoms with Crippen LogP contribution in [0.3, 0.4) is 0 Å². The van der Waals surface area contributed by atoms with E-state index in [2.05, 4.69) is 11.4 Å². The van der Waals surface area contributed by atoms with Gasteiger partial charge in [-0.3, -0.25) is 4.98 Å². The maximum absolute atomic E-state index is 11.2. The summed E-state index contributed by atoms with van der Waals surface area (Å²) in [6.07, 6.45) is 3.13. The number of nitrogens with zero attached hydrogens (tertiary/aromatic N) is 1. The summed E-state index contributed by atoms with van der Waals surface area (Å²) in [7, 11) is 0. The number of fused-ring (bicyclic) bond motifs is 2. The average Bonchev–Trinajstić information content (AvgIpc) is 3.03. The number of carboxylic acids is 1. The monoisotopic (exact) mass is 304 g/mol. The molecular formula is C19H16N2O2. The molecule has 1 aliphatic carbocycles. The summed E-state index contributed by atoms with van der Waals surface area (Å²) in [5, 5.41) is 13.7. The maximum atomic E-state index is 11.2. The number of carbonyl (C=O) groups is 1. The summed E-state index contributed by atoms with van der Waals surface area (Å²) in [6.45, 7) is 0. The number of anilines is 2. The van der Waals surface area contributed by atoms with Crippen LogP contribution in [0.5, 0.6) is 0 Å². The van der Waals surface area contributed by atoms with Gasteiger partial charge in [0.05, 0.1) is 16.8 Å². The zero-order chi connectivity index (χ0) is 15.8. The highest BCUT2D eigenvalue weighted by Gasteiger charge is 2.19. The molecule has 23 heavy (non-hydrogen) atoms. The molecule has 3 aromatic rings. The molecule has 0 radical (unpaired) electrons. The number of aromatic nitrogens is 1. The number of carboxylic acid groups (broad SMARTS) is 1. The van der Waals surface area contributed by atoms with Crippen molar-refractivity contribution in [2.75, 3.05) is 5.32 Å². The SMILES string of the molecule is O=C(O)c1cccc(Nc2c3c(nc4ccccc24)CCC3)c1. The predicted molar refractivity (Wildman–Crippen MR) is 90.5 cm³/mol. The van der Waals surface area contributed by atoms with E-state index in [0.29, 0.717) is 0 Å². The van der Waals surface area contributed by atoms with Crippen molar-refractivity contribution in [3.63, 3.8) is 0 Å². The van der Waals surface area contributed by atoms with Gasteiger partial charge in [-0.2, -0.15) is 0 Å². The van der Waals surface area contributed by atoms with Crippen molar-refractivity contribution in [3.8, 4) is 0 Å². The Balaban J connectivity index is 1.85. The smallest absolute Gasteiger partial charge is 0.335 e. The van der Waals surface area contributed by atoms with Gasteiger partial charge in [0.25, 0.3) is 0 Å². The van der Waals surface area contributed by atoms with E-state index in [0.717, 1.165) is 47.2 Å². The van der Waals surface area contributed by atoms with Crippen LogP contribution in [-0.4, -0.2) is 16.1 Å². The summed E-state index contributed by atoms with van der Waals surface area (Å²) in [5.74, 6) is -0.918. The Morgan fingerprint density at radius 1 is 1.09 bits per heavy atom. The molecule has 0 aliphatic heterocycles. The molecule has 114 valence electrons. The fourth-order valence-corrected chi connectivity index (χ4v) is 3.23. The van der Waals surface area contributed by atoms with Crippen molar-refractivity contribution in [2.24, 2.45) is 0 Å². The van der Waals surface area contributed by atoms with Crippen LogP contribution in [-0.2, 0) is 12.8 Å². The van der Waals surface area contributed by atoms with Crippen LogP contribution in [0.1, 0.15) is 28.0 Å². The highest BCUT2D eigenvalue weighted by atomic mass is 16.4. The van der Waals surface area contributed by atoms with Crippen LogP contribution in [0.15, 0.2) is 48.5 Å². The summed E-state index contributed by atoms with van der Waals surface area (Å²) in [6, 6.07) is 15.0. The lowest BCUT2D eigenvalue weighted by Gasteiger charge is -2.15. The third-order valence-corrected chi connectivity index (χ3v) is 4.30. The second kappa shape index (κ2) is 5.39. The average molecular weight is 304 g/mol. The Morgan fingerprint density at radius 3 is 2.83 bits per heavy atom. The number of para-hydroxylation sites is 1. The quantitative estimate of drug-likeness (QED) is 0.762. The van der Waals surface area contributed by atoms with Crippen molar-refractivity contribution >= 4 is 28.2 Å². The number of rotatable bonds is 3. The van der Waals surface area contributed by atoms with Gasteiger partial charge in [-0.1, -0.05) is 24.3 Å². The van der Waals surface area contributed by atoms with Gasteiger partial charge in [-0.25, -0.2) is 4.79 Å². The van der Waals surface area contributed by atoms with Crippen LogP contribution in [0.25, 0.3) is 10.9 Å². The third-order valence-electron chi connectivity index (χ3n) is 4.30. The molecule has 0 bridgehead atoms. The van der Waals surface area contributed by atoms with Crippen LogP contribution in [0.2, 0.25) is 0 Å². The molecule has 1 heterocycles. The molecule has 0 spiro atoms. The van der Waals surface area contributed by atoms with Crippen molar-refractivity contribution < 1.29 is 9.90 Å². The van der Waals surface area contributed by atoms with Gasteiger partial charge in [0.2, 0.25) is 0 Å². The highest BCUT2D eigenvalue weighted by molar-refractivity contribution is 5.96. The maximum Gasteiger partial charge on any atom is 0.335 e. The Bertz CT molecular complexity index is 918. The fraction of sp³-hybridized carbons (Fsp3) is 0.158. The lowest BCUT2D eigenvalue weighted by atomic mass is 10.1. The van der Waals surface area contributed by atoms with Gasteiger partial charge in [0.15, 0.2) is 0 Å². The molecule has 0 saturated heterocycles. The summed E-state index contributed by atoms with van der Waals surface area (Å²) >= 11 is 0. The van der Waals surface area contributed by atoms with Crippen molar-refractivity contribution in [3.05, 3.63) is 65.4 Å². The van der Waals surface area contributed by atoms with Gasteiger partial charge < -0.3 is 10.4 Å². The minimum atomic E-state index is -0.918. The Morgan fingerprint density at radius 2 is 1.96 bits per heavy atom. The van der Waals surface area contributed by atoms with E-state index >= 15 is 0 Å². The van der Waals surface area contributed by atoms with Gasteiger partial charge in [0.1, 0.15) is 0 Å². The number of hydrogen-bond acceptors (Lipinski definition) is 3. The number of aryl methyl sites for hydroxylation is 1. The van der Waals surface area contributed by atoms with Crippen molar-refractivity contribution in [1.29, 1.82) is 0 Å². The predicted octanol–water partition coefficient (Wildman–Crippen LogP) is 4.17. The first-order valence-electron chi connectivity index (χ1n) is 7.73. The highest BCUT2D eigenvalue weighted by Crippen LogP contribution is 2.35. The molecule has 0 saturated carbocycles. The van der Waals surface area contributed by atoms with E-state index in [9.17, 15) is 4.79 Å². The zero-order valence-corrected chi connectivity index (χ0v) is 12.5. The number of hydrogen-bond donors (Lipinski definition) is 2. The lowest BCUT2D eigenvalue weighted by Crippen LogP contribution is -2.01. The second-order valence-corrected chi connectivity index (χ2v) is 5.79. The molecule has 2 aromatic carbocycles. The zero-order valence-electron chi connectivity index (χ0n) is 12.5. The molecule has 1 aliphatic rings. The van der Waals surface area contributed by atoms with E-state index in [1.807, 2.05) is 24.3 Å². The Kier molecular flexibility index (Phi) is 3.23. The third kappa shape index (κ3) is 2.42. The molecule has 1 aromatic heterocycles. The summed E-state index contributed by atoms with van der Waals surface area (Å²) < 4.78 is 0. The molecule has 2 N–H and O–H groups in total. The minimum Gasteiger partial charge on any atom is -0.478 e. The molecule has 4 heteroatoms. The van der Waals surface area contributed by atoms with E-state index in [-0.39, 0.29) is 5.56 Å². The first-order valence-corrected chi connectivity index (χ1v) is 7.73. The molecule has 4 rings (SSSR count). The van der Waals surface area contributed by atoms with Gasteiger partial charge in [-0.05, 0) is 49.1 Å². The fourth-order valence-electron chi connectivity index (χ4n) is 3.23. The van der Waals surface area contributed by atoms with Crippen LogP contribution >= 0.6 is 0 Å². The molecular weight excluding hydrogens is 288 g/mol. The van der Waals surface area contributed by atoms with Crippen LogP contribution < -0.4 is 5.32 Å². The molecule has 4 nitrogen and oxygen atoms in total. The number of benzene rings is 2. The minimum absolute atomic E-state index is 0.282. The number of nitrogens with one attached hydrogen (secondary N) is 1. The van der Waals surface area contributed by atoms with Crippen LogP contribution in [0.4, 0.5) is 11.4 Å². The first kappa shape index (κ1) is 13.8. The number of aromatic carboxylic acids is 1. The van der Waals surface area contributed by atoms with E-state index in [1.54, 1.807) is 18.2 Å². The normalized spacial score (nSPS) is 13.0. The van der Waals surface area contributed by atoms with E-state index in [1.165, 1.54) is 5.56 Å².